The van der Waals surface area contributed by atoms with E-state index in [-0.39, 0.29) is 18.8 Å². The van der Waals surface area contributed by atoms with Crippen molar-refractivity contribution in [3.8, 4) is 11.8 Å². The first-order valence-electron chi connectivity index (χ1n) is 9.94. The van der Waals surface area contributed by atoms with Crippen LogP contribution in [-0.2, 0) is 17.9 Å². The van der Waals surface area contributed by atoms with Gasteiger partial charge >= 0.3 is 0 Å². The van der Waals surface area contributed by atoms with Crippen molar-refractivity contribution in [2.45, 2.75) is 59.3 Å². The van der Waals surface area contributed by atoms with Crippen molar-refractivity contribution in [2.75, 3.05) is 0 Å². The summed E-state index contributed by atoms with van der Waals surface area (Å²) in [6, 6.07) is 13.4. The van der Waals surface area contributed by atoms with Gasteiger partial charge in [0, 0.05) is 11.6 Å². The Hall–Kier alpha value is -3.04. The third kappa shape index (κ3) is 5.72. The summed E-state index contributed by atoms with van der Waals surface area (Å²) in [5, 5.41) is 13.4. The molecule has 0 fully saturated rings. The van der Waals surface area contributed by atoms with E-state index in [1.165, 1.54) is 0 Å². The molecule has 0 heterocycles. The first kappa shape index (κ1) is 22.3. The van der Waals surface area contributed by atoms with Crippen molar-refractivity contribution in [3.05, 3.63) is 64.2 Å². The zero-order chi connectivity index (χ0) is 21.4. The first-order valence-corrected chi connectivity index (χ1v) is 9.94. The van der Waals surface area contributed by atoms with Gasteiger partial charge in [-0.25, -0.2) is 0 Å². The lowest BCUT2D eigenvalue weighted by Crippen LogP contribution is -2.19. The van der Waals surface area contributed by atoms with Crippen LogP contribution in [0, 0.1) is 11.3 Å². The lowest BCUT2D eigenvalue weighted by molar-refractivity contribution is 0.130. The highest BCUT2D eigenvalue weighted by Gasteiger charge is 2.14. The molecule has 0 aromatic heterocycles. The molecular weight excluding hydrogens is 364 g/mol. The number of nitrogens with zero attached hydrogens (tertiary/aromatic N) is 2. The molecule has 0 unspecified atom stereocenters. The molecule has 29 heavy (non-hydrogen) atoms. The van der Waals surface area contributed by atoms with Crippen LogP contribution in [-0.4, -0.2) is 11.9 Å². The summed E-state index contributed by atoms with van der Waals surface area (Å²) in [4.78, 5) is 5.46. The molecule has 1 atom stereocenters. The second kappa shape index (κ2) is 10.5. The topological polar surface area (TPSA) is 107 Å². The van der Waals surface area contributed by atoms with Gasteiger partial charge in [-0.05, 0) is 55.5 Å². The average molecular weight is 395 g/mol. The Kier molecular flexibility index (Phi) is 8.05. The van der Waals surface area contributed by atoms with Crippen molar-refractivity contribution in [2.24, 2.45) is 16.6 Å². The molecule has 2 aromatic carbocycles. The van der Waals surface area contributed by atoms with E-state index < -0.39 is 0 Å². The standard InChI is InChI=1S/C23H30N4O2/c1-5-18-19(21(25)6-2)8-7-9-20(18)23(26)27-28-14-16-10-11-22(29-15(3)4)17(12-16)13-24/h7-12,15,21H,5-6,14,25H2,1-4H3,(H2,26,27)/t21-/m0/s1. The zero-order valence-electron chi connectivity index (χ0n) is 17.6. The van der Waals surface area contributed by atoms with Crippen molar-refractivity contribution < 1.29 is 9.57 Å². The largest absolute Gasteiger partial charge is 0.490 e. The van der Waals surface area contributed by atoms with E-state index in [1.54, 1.807) is 12.1 Å². The van der Waals surface area contributed by atoms with Crippen LogP contribution in [0.15, 0.2) is 41.6 Å². The van der Waals surface area contributed by atoms with Crippen LogP contribution in [0.1, 0.15) is 68.0 Å². The molecule has 0 saturated heterocycles. The maximum Gasteiger partial charge on any atom is 0.170 e. The number of hydrogen-bond acceptors (Lipinski definition) is 5. The van der Waals surface area contributed by atoms with Crippen LogP contribution >= 0.6 is 0 Å². The number of ether oxygens (including phenoxy) is 1. The van der Waals surface area contributed by atoms with E-state index >= 15 is 0 Å². The molecule has 0 spiro atoms. The monoisotopic (exact) mass is 394 g/mol. The van der Waals surface area contributed by atoms with Crippen LogP contribution in [0.5, 0.6) is 5.75 Å². The predicted molar refractivity (Wildman–Crippen MR) is 115 cm³/mol. The molecule has 2 aromatic rings. The molecule has 154 valence electrons. The fourth-order valence-electron chi connectivity index (χ4n) is 3.14. The first-order chi connectivity index (χ1) is 13.9. The zero-order valence-corrected chi connectivity index (χ0v) is 17.6. The molecule has 0 bridgehead atoms. The lowest BCUT2D eigenvalue weighted by atomic mass is 9.93. The molecule has 2 rings (SSSR count). The van der Waals surface area contributed by atoms with Crippen molar-refractivity contribution in [1.82, 2.24) is 0 Å². The number of rotatable bonds is 9. The number of nitrogens with two attached hydrogens (primary N) is 2. The number of amidine groups is 1. The van der Waals surface area contributed by atoms with Gasteiger partial charge in [-0.15, -0.1) is 0 Å². The Morgan fingerprint density at radius 3 is 2.59 bits per heavy atom. The quantitative estimate of drug-likeness (QED) is 0.377. The molecule has 4 N–H and O–H groups in total. The maximum atomic E-state index is 9.34. The third-order valence-electron chi connectivity index (χ3n) is 4.60. The Bertz CT molecular complexity index is 900. The van der Waals surface area contributed by atoms with Crippen molar-refractivity contribution >= 4 is 5.84 Å². The van der Waals surface area contributed by atoms with Gasteiger partial charge in [-0.2, -0.15) is 5.26 Å². The van der Waals surface area contributed by atoms with Gasteiger partial charge < -0.3 is 21.0 Å². The summed E-state index contributed by atoms with van der Waals surface area (Å²) in [6.45, 7) is 8.17. The summed E-state index contributed by atoms with van der Waals surface area (Å²) in [5.41, 5.74) is 16.7. The normalized spacial score (nSPS) is 12.5. The summed E-state index contributed by atoms with van der Waals surface area (Å²) in [7, 11) is 0. The van der Waals surface area contributed by atoms with Crippen LogP contribution in [0.4, 0.5) is 0 Å². The SMILES string of the molecule is CCc1c(/C(N)=N/OCc2ccc(OC(C)C)c(C#N)c2)cccc1[C@@H](N)CC. The maximum absolute atomic E-state index is 9.34. The van der Waals surface area contributed by atoms with Gasteiger partial charge in [0.2, 0.25) is 0 Å². The van der Waals surface area contributed by atoms with E-state index in [0.717, 1.165) is 35.1 Å². The second-order valence-electron chi connectivity index (χ2n) is 7.10. The minimum atomic E-state index is -0.0328. The van der Waals surface area contributed by atoms with Crippen LogP contribution in [0.25, 0.3) is 0 Å². The predicted octanol–water partition coefficient (Wildman–Crippen LogP) is 4.15. The van der Waals surface area contributed by atoms with Crippen LogP contribution < -0.4 is 16.2 Å². The second-order valence-corrected chi connectivity index (χ2v) is 7.10. The highest BCUT2D eigenvalue weighted by atomic mass is 16.6. The molecule has 0 amide bonds. The molecule has 0 aliphatic rings. The fraction of sp³-hybridized carbons (Fsp3) is 0.391. The van der Waals surface area contributed by atoms with Gasteiger partial charge in [0.1, 0.15) is 18.4 Å². The van der Waals surface area contributed by atoms with E-state index in [9.17, 15) is 5.26 Å². The molecule has 0 saturated carbocycles. The van der Waals surface area contributed by atoms with Crippen molar-refractivity contribution in [3.63, 3.8) is 0 Å². The number of oxime groups is 1. The van der Waals surface area contributed by atoms with Crippen molar-refractivity contribution in [1.29, 1.82) is 5.26 Å². The van der Waals surface area contributed by atoms with Gasteiger partial charge in [0.15, 0.2) is 5.84 Å². The average Bonchev–Trinajstić information content (AvgIpc) is 2.72. The number of hydrogen-bond donors (Lipinski definition) is 2. The highest BCUT2D eigenvalue weighted by Crippen LogP contribution is 2.23. The number of benzene rings is 2. The Balaban J connectivity index is 2.16. The Labute approximate surface area is 173 Å². The summed E-state index contributed by atoms with van der Waals surface area (Å²) in [5.74, 6) is 0.873. The molecule has 6 heteroatoms. The summed E-state index contributed by atoms with van der Waals surface area (Å²) in [6.07, 6.45) is 1.65. The van der Waals surface area contributed by atoms with Gasteiger partial charge in [0.05, 0.1) is 11.7 Å². The van der Waals surface area contributed by atoms with Gasteiger partial charge in [-0.3, -0.25) is 0 Å². The van der Waals surface area contributed by atoms with Crippen LogP contribution in [0.2, 0.25) is 0 Å². The van der Waals surface area contributed by atoms with E-state index in [0.29, 0.717) is 17.1 Å². The summed E-state index contributed by atoms with van der Waals surface area (Å²) < 4.78 is 5.64. The Morgan fingerprint density at radius 1 is 1.21 bits per heavy atom. The fourth-order valence-corrected chi connectivity index (χ4v) is 3.14. The smallest absolute Gasteiger partial charge is 0.170 e. The molecular formula is C23H30N4O2. The minimum absolute atomic E-state index is 0.00190. The lowest BCUT2D eigenvalue weighted by Gasteiger charge is -2.17. The van der Waals surface area contributed by atoms with E-state index in [1.807, 2.05) is 38.1 Å². The molecule has 0 radical (unpaired) electrons. The molecule has 0 aliphatic heterocycles. The number of nitriles is 1. The summed E-state index contributed by atoms with van der Waals surface area (Å²) >= 11 is 0. The van der Waals surface area contributed by atoms with E-state index in [4.69, 9.17) is 21.0 Å². The van der Waals surface area contributed by atoms with E-state index in [2.05, 4.69) is 25.1 Å². The molecule has 0 aliphatic carbocycles. The third-order valence-corrected chi connectivity index (χ3v) is 4.60. The van der Waals surface area contributed by atoms with Gasteiger partial charge in [0.25, 0.3) is 0 Å². The highest BCUT2D eigenvalue weighted by molar-refractivity contribution is 5.98. The van der Waals surface area contributed by atoms with Crippen LogP contribution in [0.3, 0.4) is 0 Å². The minimum Gasteiger partial charge on any atom is -0.490 e. The Morgan fingerprint density at radius 2 is 1.97 bits per heavy atom. The molecule has 6 nitrogen and oxygen atoms in total. The van der Waals surface area contributed by atoms with Gasteiger partial charge in [-0.1, -0.05) is 43.3 Å².